The van der Waals surface area contributed by atoms with E-state index in [1.165, 1.54) is 0 Å². The Bertz CT molecular complexity index is 1170. The lowest BCUT2D eigenvalue weighted by Gasteiger charge is -2.26. The molecule has 1 saturated heterocycles. The third-order valence-corrected chi connectivity index (χ3v) is 6.63. The predicted octanol–water partition coefficient (Wildman–Crippen LogP) is 3.82. The van der Waals surface area contributed by atoms with Gasteiger partial charge in [-0.15, -0.1) is 0 Å². The summed E-state index contributed by atoms with van der Waals surface area (Å²) in [6.45, 7) is 7.59. The quantitative estimate of drug-likeness (QED) is 0.579. The second kappa shape index (κ2) is 9.37. The van der Waals surface area contributed by atoms with Crippen LogP contribution in [-0.4, -0.2) is 54.1 Å². The van der Waals surface area contributed by atoms with E-state index in [-0.39, 0.29) is 17.7 Å². The first-order valence-corrected chi connectivity index (χ1v) is 11.7. The Kier molecular flexibility index (Phi) is 6.15. The molecule has 5 rings (SSSR count). The molecule has 2 heterocycles. The highest BCUT2D eigenvalue weighted by Crippen LogP contribution is 2.38. The molecule has 0 radical (unpaired) electrons. The molecule has 1 aromatic heterocycles. The average Bonchev–Trinajstić information content (AvgIpc) is 3.44. The summed E-state index contributed by atoms with van der Waals surface area (Å²) in [6, 6.07) is 15.2. The van der Waals surface area contributed by atoms with E-state index in [0.717, 1.165) is 62.4 Å². The van der Waals surface area contributed by atoms with Crippen LogP contribution < -0.4 is 10.6 Å². The Balaban J connectivity index is 1.22. The van der Waals surface area contributed by atoms with Crippen LogP contribution in [0.4, 0.5) is 11.4 Å². The van der Waals surface area contributed by atoms with E-state index in [4.69, 9.17) is 4.74 Å². The minimum absolute atomic E-state index is 0.0311. The molecule has 2 aliphatic rings. The zero-order valence-corrected chi connectivity index (χ0v) is 18.9. The fraction of sp³-hybridized carbons (Fsp3) is 0.385. The van der Waals surface area contributed by atoms with Gasteiger partial charge in [0.25, 0.3) is 5.91 Å². The van der Waals surface area contributed by atoms with E-state index < -0.39 is 0 Å². The Labute approximate surface area is 193 Å². The highest BCUT2D eigenvalue weighted by atomic mass is 16.5. The third-order valence-electron chi connectivity index (χ3n) is 6.63. The molecule has 7 nitrogen and oxygen atoms in total. The van der Waals surface area contributed by atoms with Crippen molar-refractivity contribution in [1.82, 2.24) is 9.47 Å². The van der Waals surface area contributed by atoms with E-state index in [9.17, 15) is 9.59 Å². The van der Waals surface area contributed by atoms with E-state index in [1.807, 2.05) is 18.2 Å². The molecule has 2 unspecified atom stereocenters. The summed E-state index contributed by atoms with van der Waals surface area (Å²) in [7, 11) is 0. The number of fused-ring (bicyclic) bond motifs is 1. The zero-order chi connectivity index (χ0) is 22.8. The van der Waals surface area contributed by atoms with Crippen LogP contribution in [0.3, 0.4) is 0 Å². The molecule has 0 spiro atoms. The smallest absolute Gasteiger partial charge is 0.255 e. The van der Waals surface area contributed by atoms with E-state index >= 15 is 0 Å². The number of nitrogens with zero attached hydrogens (tertiary/aromatic N) is 2. The van der Waals surface area contributed by atoms with Gasteiger partial charge < -0.3 is 19.9 Å². The molecule has 2 fully saturated rings. The molecule has 1 aliphatic heterocycles. The first kappa shape index (κ1) is 21.7. The van der Waals surface area contributed by atoms with Gasteiger partial charge in [-0.25, -0.2) is 0 Å². The summed E-state index contributed by atoms with van der Waals surface area (Å²) < 4.78 is 7.67. The number of benzene rings is 2. The topological polar surface area (TPSA) is 75.6 Å². The van der Waals surface area contributed by atoms with Crippen LogP contribution in [0, 0.1) is 11.8 Å². The number of morpholine rings is 1. The molecule has 1 saturated carbocycles. The lowest BCUT2D eigenvalue weighted by molar-refractivity contribution is -0.117. The maximum atomic E-state index is 12.8. The standard InChI is InChI=1S/C26H30N4O3/c1-18-15-23(18)26(32)28-21-4-2-3-20(17-21)25(31)27-22-5-6-24-19(16-22)7-8-30(24)10-9-29-11-13-33-14-12-29/h2-8,16-18,23H,9-15H2,1H3,(H,27,31)(H,28,32). The van der Waals surface area contributed by atoms with Crippen molar-refractivity contribution in [2.45, 2.75) is 19.9 Å². The van der Waals surface area contributed by atoms with Gasteiger partial charge in [0.15, 0.2) is 0 Å². The summed E-state index contributed by atoms with van der Waals surface area (Å²) in [5.41, 5.74) is 3.07. The van der Waals surface area contributed by atoms with Crippen molar-refractivity contribution in [1.29, 1.82) is 0 Å². The molecule has 2 aromatic carbocycles. The van der Waals surface area contributed by atoms with Crippen LogP contribution in [-0.2, 0) is 16.1 Å². The summed E-state index contributed by atoms with van der Waals surface area (Å²) in [6.07, 6.45) is 3.03. The van der Waals surface area contributed by atoms with Crippen LogP contribution in [0.2, 0.25) is 0 Å². The molecular weight excluding hydrogens is 416 g/mol. The van der Waals surface area contributed by atoms with Crippen LogP contribution in [0.15, 0.2) is 54.7 Å². The number of hydrogen-bond acceptors (Lipinski definition) is 4. The minimum Gasteiger partial charge on any atom is -0.379 e. The number of anilines is 2. The van der Waals surface area contributed by atoms with Gasteiger partial charge in [0.2, 0.25) is 5.91 Å². The second-order valence-corrected chi connectivity index (χ2v) is 9.08. The third kappa shape index (κ3) is 5.10. The maximum Gasteiger partial charge on any atom is 0.255 e. The fourth-order valence-corrected chi connectivity index (χ4v) is 4.41. The number of amides is 2. The van der Waals surface area contributed by atoms with Crippen molar-refractivity contribution in [2.24, 2.45) is 11.8 Å². The fourth-order valence-electron chi connectivity index (χ4n) is 4.41. The van der Waals surface area contributed by atoms with Crippen molar-refractivity contribution in [2.75, 3.05) is 43.5 Å². The van der Waals surface area contributed by atoms with Gasteiger partial charge in [-0.05, 0) is 54.8 Å². The number of ether oxygens (including phenoxy) is 1. The Morgan fingerprint density at radius 1 is 1.00 bits per heavy atom. The largest absolute Gasteiger partial charge is 0.379 e. The van der Waals surface area contributed by atoms with Gasteiger partial charge in [0.1, 0.15) is 0 Å². The predicted molar refractivity (Wildman–Crippen MR) is 129 cm³/mol. The van der Waals surface area contributed by atoms with Gasteiger partial charge in [-0.3, -0.25) is 14.5 Å². The summed E-state index contributed by atoms with van der Waals surface area (Å²) in [4.78, 5) is 27.4. The molecule has 0 bridgehead atoms. The van der Waals surface area contributed by atoms with E-state index in [0.29, 0.717) is 17.2 Å². The minimum atomic E-state index is -0.197. The normalized spacial score (nSPS) is 20.5. The number of aromatic nitrogens is 1. The van der Waals surface area contributed by atoms with E-state index in [2.05, 4.69) is 45.4 Å². The Hall–Kier alpha value is -3.16. The maximum absolute atomic E-state index is 12.8. The first-order valence-electron chi connectivity index (χ1n) is 11.7. The van der Waals surface area contributed by atoms with Crippen molar-refractivity contribution in [3.05, 3.63) is 60.3 Å². The van der Waals surface area contributed by atoms with Gasteiger partial charge in [0.05, 0.1) is 13.2 Å². The highest BCUT2D eigenvalue weighted by Gasteiger charge is 2.39. The van der Waals surface area contributed by atoms with Crippen molar-refractivity contribution >= 4 is 34.1 Å². The monoisotopic (exact) mass is 446 g/mol. The molecule has 1 aliphatic carbocycles. The molecule has 3 aromatic rings. The summed E-state index contributed by atoms with van der Waals surface area (Å²) >= 11 is 0. The van der Waals surface area contributed by atoms with Crippen molar-refractivity contribution in [3.8, 4) is 0 Å². The second-order valence-electron chi connectivity index (χ2n) is 9.08. The van der Waals surface area contributed by atoms with Crippen LogP contribution in [0.25, 0.3) is 10.9 Å². The number of carbonyl (C=O) groups is 2. The SMILES string of the molecule is CC1CC1C(=O)Nc1cccc(C(=O)Nc2ccc3c(ccn3CCN3CCOCC3)c2)c1. The average molecular weight is 447 g/mol. The van der Waals surface area contributed by atoms with E-state index in [1.54, 1.807) is 18.2 Å². The van der Waals surface area contributed by atoms with Crippen LogP contribution in [0.1, 0.15) is 23.7 Å². The molecule has 33 heavy (non-hydrogen) atoms. The van der Waals surface area contributed by atoms with Crippen LogP contribution >= 0.6 is 0 Å². The van der Waals surface area contributed by atoms with Crippen molar-refractivity contribution < 1.29 is 14.3 Å². The molecule has 172 valence electrons. The molecule has 2 amide bonds. The lowest BCUT2D eigenvalue weighted by atomic mass is 10.1. The number of hydrogen-bond donors (Lipinski definition) is 2. The molecule has 7 heteroatoms. The summed E-state index contributed by atoms with van der Waals surface area (Å²) in [5, 5.41) is 7.00. The lowest BCUT2D eigenvalue weighted by Crippen LogP contribution is -2.38. The van der Waals surface area contributed by atoms with Gasteiger partial charge >= 0.3 is 0 Å². The van der Waals surface area contributed by atoms with Gasteiger partial charge in [-0.1, -0.05) is 13.0 Å². The first-order chi connectivity index (χ1) is 16.1. The zero-order valence-electron chi connectivity index (χ0n) is 18.9. The molecular formula is C26H30N4O3. The number of carbonyl (C=O) groups excluding carboxylic acids is 2. The van der Waals surface area contributed by atoms with Crippen molar-refractivity contribution in [3.63, 3.8) is 0 Å². The number of nitrogens with one attached hydrogen (secondary N) is 2. The van der Waals surface area contributed by atoms with Crippen LogP contribution in [0.5, 0.6) is 0 Å². The van der Waals surface area contributed by atoms with Gasteiger partial charge in [-0.2, -0.15) is 0 Å². The number of rotatable bonds is 7. The Morgan fingerprint density at radius 2 is 1.79 bits per heavy atom. The summed E-state index contributed by atoms with van der Waals surface area (Å²) in [5.74, 6) is 0.372. The molecule has 2 N–H and O–H groups in total. The van der Waals surface area contributed by atoms with Gasteiger partial charge in [0, 0.05) is 66.1 Å². The Morgan fingerprint density at radius 3 is 2.58 bits per heavy atom. The molecule has 2 atom stereocenters. The highest BCUT2D eigenvalue weighted by molar-refractivity contribution is 6.06.